The van der Waals surface area contributed by atoms with E-state index < -0.39 is 26.8 Å². The molecule has 27 heavy (non-hydrogen) atoms. The first-order chi connectivity index (χ1) is 12.8. The number of nitrogens with one attached hydrogen (secondary N) is 1. The molecule has 1 aliphatic rings. The lowest BCUT2D eigenvalue weighted by Gasteiger charge is -2.31. The smallest absolute Gasteiger partial charge is 0.244 e. The van der Waals surface area contributed by atoms with Crippen molar-refractivity contribution in [2.24, 2.45) is 0 Å². The molecule has 0 aliphatic carbocycles. The zero-order chi connectivity index (χ0) is 19.4. The molecule has 2 aromatic rings. The van der Waals surface area contributed by atoms with Crippen LogP contribution in [0.15, 0.2) is 47.4 Å². The summed E-state index contributed by atoms with van der Waals surface area (Å²) in [6.07, 6.45) is 0. The molecule has 0 bridgehead atoms. The van der Waals surface area contributed by atoms with Crippen LogP contribution in [0.1, 0.15) is 17.2 Å². The number of hydrogen-bond acceptors (Lipinski definition) is 4. The zero-order valence-electron chi connectivity index (χ0n) is 15.0. The van der Waals surface area contributed by atoms with Gasteiger partial charge in [0, 0.05) is 24.7 Å². The van der Waals surface area contributed by atoms with E-state index in [-0.39, 0.29) is 5.02 Å². The molecular formula is C19H22ClFN2O3S. The van der Waals surface area contributed by atoms with E-state index in [1.807, 2.05) is 31.2 Å². The first-order valence-corrected chi connectivity index (χ1v) is 10.6. The molecule has 1 fully saturated rings. The van der Waals surface area contributed by atoms with Crippen molar-refractivity contribution in [2.45, 2.75) is 17.9 Å². The Kier molecular flexibility index (Phi) is 6.49. The van der Waals surface area contributed by atoms with Gasteiger partial charge in [0.25, 0.3) is 0 Å². The van der Waals surface area contributed by atoms with Gasteiger partial charge in [-0.25, -0.2) is 17.5 Å². The molecular weight excluding hydrogens is 391 g/mol. The number of hydrogen-bond donors (Lipinski definition) is 1. The second-order valence-electron chi connectivity index (χ2n) is 6.57. The van der Waals surface area contributed by atoms with Crippen LogP contribution in [0.3, 0.4) is 0 Å². The Labute approximate surface area is 164 Å². The average molecular weight is 413 g/mol. The van der Waals surface area contributed by atoms with Crippen LogP contribution in [0, 0.1) is 12.7 Å². The summed E-state index contributed by atoms with van der Waals surface area (Å²) >= 11 is 5.74. The van der Waals surface area contributed by atoms with Crippen LogP contribution in [0.25, 0.3) is 0 Å². The molecule has 0 aromatic heterocycles. The Bertz CT molecular complexity index is 884. The van der Waals surface area contributed by atoms with E-state index in [2.05, 4.69) is 9.62 Å². The van der Waals surface area contributed by atoms with Crippen molar-refractivity contribution in [3.8, 4) is 0 Å². The highest BCUT2D eigenvalue weighted by Crippen LogP contribution is 2.23. The molecule has 1 saturated heterocycles. The number of aryl methyl sites for hydroxylation is 1. The lowest BCUT2D eigenvalue weighted by atomic mass is 10.1. The standard InChI is InChI=1S/C19H22ClFN2O3S/c1-14-2-4-15(5-3-14)18(13-23-8-10-26-11-9-23)22-27(24,25)19-7-6-16(20)12-17(19)21/h2-7,12,18,22H,8-11,13H2,1H3/t18-/m0/s1. The van der Waals surface area contributed by atoms with Gasteiger partial charge in [0.05, 0.1) is 19.3 Å². The molecule has 8 heteroatoms. The molecule has 1 heterocycles. The van der Waals surface area contributed by atoms with Gasteiger partial charge in [-0.2, -0.15) is 0 Å². The van der Waals surface area contributed by atoms with Crippen molar-refractivity contribution < 1.29 is 17.5 Å². The van der Waals surface area contributed by atoms with Gasteiger partial charge >= 0.3 is 0 Å². The molecule has 1 aliphatic heterocycles. The third-order valence-electron chi connectivity index (χ3n) is 4.51. The van der Waals surface area contributed by atoms with E-state index in [0.29, 0.717) is 19.8 Å². The fourth-order valence-electron chi connectivity index (χ4n) is 3.00. The van der Waals surface area contributed by atoms with Gasteiger partial charge in [0.2, 0.25) is 10.0 Å². The molecule has 1 N–H and O–H groups in total. The highest BCUT2D eigenvalue weighted by Gasteiger charge is 2.26. The van der Waals surface area contributed by atoms with Crippen molar-refractivity contribution in [1.29, 1.82) is 0 Å². The fraction of sp³-hybridized carbons (Fsp3) is 0.368. The van der Waals surface area contributed by atoms with E-state index >= 15 is 0 Å². The predicted molar refractivity (Wildman–Crippen MR) is 103 cm³/mol. The summed E-state index contributed by atoms with van der Waals surface area (Å²) in [5.74, 6) is -0.871. The van der Waals surface area contributed by atoms with E-state index in [4.69, 9.17) is 16.3 Å². The normalized spacial score (nSPS) is 17.0. The maximum atomic E-state index is 14.2. The molecule has 1 atom stereocenters. The summed E-state index contributed by atoms with van der Waals surface area (Å²) in [4.78, 5) is 1.72. The summed E-state index contributed by atoms with van der Waals surface area (Å²) in [5.41, 5.74) is 1.90. The van der Waals surface area contributed by atoms with E-state index in [1.165, 1.54) is 12.1 Å². The van der Waals surface area contributed by atoms with Crippen LogP contribution < -0.4 is 4.72 Å². The highest BCUT2D eigenvalue weighted by atomic mass is 35.5. The van der Waals surface area contributed by atoms with Gasteiger partial charge in [-0.05, 0) is 30.7 Å². The second kappa shape index (κ2) is 8.67. The highest BCUT2D eigenvalue weighted by molar-refractivity contribution is 7.89. The topological polar surface area (TPSA) is 58.6 Å². The SMILES string of the molecule is Cc1ccc([C@H](CN2CCOCC2)NS(=O)(=O)c2ccc(Cl)cc2F)cc1. The van der Waals surface area contributed by atoms with Crippen LogP contribution in [0.5, 0.6) is 0 Å². The van der Waals surface area contributed by atoms with Crippen LogP contribution in [-0.2, 0) is 14.8 Å². The summed E-state index contributed by atoms with van der Waals surface area (Å²) in [7, 11) is -4.06. The molecule has 146 valence electrons. The first kappa shape index (κ1) is 20.2. The Morgan fingerprint density at radius 1 is 1.19 bits per heavy atom. The minimum Gasteiger partial charge on any atom is -0.379 e. The molecule has 0 unspecified atom stereocenters. The van der Waals surface area contributed by atoms with Crippen molar-refractivity contribution in [2.75, 3.05) is 32.8 Å². The Balaban J connectivity index is 1.88. The number of nitrogens with zero attached hydrogens (tertiary/aromatic N) is 1. The fourth-order valence-corrected chi connectivity index (χ4v) is 4.43. The number of rotatable bonds is 6. The van der Waals surface area contributed by atoms with Gasteiger partial charge in [0.1, 0.15) is 10.7 Å². The summed E-state index contributed by atoms with van der Waals surface area (Å²) in [5, 5.41) is 0.148. The molecule has 0 spiro atoms. The molecule has 0 amide bonds. The summed E-state index contributed by atoms with van der Waals surface area (Å²) < 4.78 is 47.8. The molecule has 0 saturated carbocycles. The van der Waals surface area contributed by atoms with Crippen molar-refractivity contribution in [1.82, 2.24) is 9.62 Å². The largest absolute Gasteiger partial charge is 0.379 e. The number of morpholine rings is 1. The predicted octanol–water partition coefficient (Wildman–Crippen LogP) is 3.14. The summed E-state index contributed by atoms with van der Waals surface area (Å²) in [6.45, 7) is 5.10. The maximum absolute atomic E-state index is 14.2. The average Bonchev–Trinajstić information content (AvgIpc) is 2.62. The molecule has 2 aromatic carbocycles. The quantitative estimate of drug-likeness (QED) is 0.791. The van der Waals surface area contributed by atoms with Gasteiger partial charge in [-0.1, -0.05) is 41.4 Å². The van der Waals surface area contributed by atoms with Crippen LogP contribution in [-0.4, -0.2) is 46.2 Å². The van der Waals surface area contributed by atoms with Gasteiger partial charge < -0.3 is 4.74 Å². The number of halogens is 2. The van der Waals surface area contributed by atoms with E-state index in [1.54, 1.807) is 0 Å². The lowest BCUT2D eigenvalue weighted by Crippen LogP contribution is -2.43. The molecule has 0 radical (unpaired) electrons. The summed E-state index contributed by atoms with van der Waals surface area (Å²) in [6, 6.07) is 10.7. The number of sulfonamides is 1. The van der Waals surface area contributed by atoms with Crippen LogP contribution >= 0.6 is 11.6 Å². The zero-order valence-corrected chi connectivity index (χ0v) is 16.6. The van der Waals surface area contributed by atoms with Gasteiger partial charge in [-0.15, -0.1) is 0 Å². The van der Waals surface area contributed by atoms with Crippen molar-refractivity contribution >= 4 is 21.6 Å². The molecule has 5 nitrogen and oxygen atoms in total. The Morgan fingerprint density at radius 3 is 2.48 bits per heavy atom. The van der Waals surface area contributed by atoms with E-state index in [9.17, 15) is 12.8 Å². The third kappa shape index (κ3) is 5.27. The van der Waals surface area contributed by atoms with Crippen LogP contribution in [0.4, 0.5) is 4.39 Å². The van der Waals surface area contributed by atoms with Gasteiger partial charge in [-0.3, -0.25) is 4.90 Å². The second-order valence-corrected chi connectivity index (χ2v) is 8.69. The minimum absolute atomic E-state index is 0.148. The Hall–Kier alpha value is -1.51. The lowest BCUT2D eigenvalue weighted by molar-refractivity contribution is 0.0345. The first-order valence-electron chi connectivity index (χ1n) is 8.69. The van der Waals surface area contributed by atoms with Crippen molar-refractivity contribution in [3.63, 3.8) is 0 Å². The monoisotopic (exact) mass is 412 g/mol. The minimum atomic E-state index is -4.06. The van der Waals surface area contributed by atoms with E-state index in [0.717, 1.165) is 30.3 Å². The molecule has 3 rings (SSSR count). The maximum Gasteiger partial charge on any atom is 0.244 e. The Morgan fingerprint density at radius 2 is 1.85 bits per heavy atom. The van der Waals surface area contributed by atoms with Crippen LogP contribution in [0.2, 0.25) is 5.02 Å². The van der Waals surface area contributed by atoms with Gasteiger partial charge in [0.15, 0.2) is 0 Å². The third-order valence-corrected chi connectivity index (χ3v) is 6.25. The number of ether oxygens (including phenoxy) is 1. The van der Waals surface area contributed by atoms with Crippen molar-refractivity contribution in [3.05, 3.63) is 64.4 Å². The number of benzene rings is 2.